The lowest BCUT2D eigenvalue weighted by atomic mass is 10.1. The Bertz CT molecular complexity index is 1020. The summed E-state index contributed by atoms with van der Waals surface area (Å²) in [5, 5.41) is 18.2. The molecule has 2 heterocycles. The van der Waals surface area contributed by atoms with Crippen molar-refractivity contribution in [3.63, 3.8) is 0 Å². The van der Waals surface area contributed by atoms with Gasteiger partial charge in [0, 0.05) is 23.6 Å². The molecule has 0 aliphatic carbocycles. The molecule has 1 N–H and O–H groups in total. The lowest BCUT2D eigenvalue weighted by Gasteiger charge is -2.10. The molecule has 0 bridgehead atoms. The van der Waals surface area contributed by atoms with Gasteiger partial charge < -0.3 is 5.32 Å². The van der Waals surface area contributed by atoms with Crippen molar-refractivity contribution in [3.05, 3.63) is 78.4 Å². The molecule has 0 radical (unpaired) electrons. The Morgan fingerprint density at radius 2 is 1.92 bits per heavy atom. The molecule has 2 aromatic heterocycles. The van der Waals surface area contributed by atoms with E-state index in [0.29, 0.717) is 11.3 Å². The second-order valence-electron chi connectivity index (χ2n) is 5.71. The zero-order chi connectivity index (χ0) is 17.9. The van der Waals surface area contributed by atoms with Crippen molar-refractivity contribution in [2.24, 2.45) is 0 Å². The van der Waals surface area contributed by atoms with E-state index in [1.54, 1.807) is 27.7 Å². The van der Waals surface area contributed by atoms with Gasteiger partial charge in [0.05, 0.1) is 11.4 Å². The number of aromatic nitrogens is 6. The first-order valence-corrected chi connectivity index (χ1v) is 7.96. The van der Waals surface area contributed by atoms with E-state index in [9.17, 15) is 4.79 Å². The summed E-state index contributed by atoms with van der Waals surface area (Å²) in [6.07, 6.45) is 5.09. The van der Waals surface area contributed by atoms with E-state index in [2.05, 4.69) is 25.9 Å². The second kappa shape index (κ2) is 6.60. The maximum absolute atomic E-state index is 12.5. The lowest BCUT2D eigenvalue weighted by molar-refractivity contribution is 0.102. The summed E-state index contributed by atoms with van der Waals surface area (Å²) >= 11 is 0. The molecule has 0 saturated carbocycles. The van der Waals surface area contributed by atoms with Gasteiger partial charge in [-0.25, -0.2) is 9.36 Å². The summed E-state index contributed by atoms with van der Waals surface area (Å²) in [7, 11) is 0. The van der Waals surface area contributed by atoms with Crippen molar-refractivity contribution in [3.8, 4) is 11.4 Å². The van der Waals surface area contributed by atoms with E-state index in [4.69, 9.17) is 0 Å². The molecule has 0 saturated heterocycles. The molecule has 4 rings (SSSR count). The minimum Gasteiger partial charge on any atom is -0.322 e. The molecule has 0 aliphatic rings. The van der Waals surface area contributed by atoms with Crippen LogP contribution >= 0.6 is 0 Å². The molecular formula is C18H15N7O. The number of carbonyl (C=O) groups is 1. The van der Waals surface area contributed by atoms with Crippen molar-refractivity contribution in [1.82, 2.24) is 30.0 Å². The van der Waals surface area contributed by atoms with Crippen LogP contribution in [0.15, 0.2) is 67.3 Å². The first-order chi connectivity index (χ1) is 12.7. The number of amides is 1. The Morgan fingerprint density at radius 3 is 2.58 bits per heavy atom. The van der Waals surface area contributed by atoms with Gasteiger partial charge in [0.2, 0.25) is 0 Å². The van der Waals surface area contributed by atoms with Crippen LogP contribution in [-0.4, -0.2) is 35.9 Å². The van der Waals surface area contributed by atoms with Crippen LogP contribution in [0.2, 0.25) is 0 Å². The van der Waals surface area contributed by atoms with Crippen LogP contribution in [0.4, 0.5) is 5.69 Å². The number of anilines is 1. The molecule has 0 aliphatic heterocycles. The number of rotatable bonds is 4. The van der Waals surface area contributed by atoms with E-state index in [1.165, 1.54) is 6.33 Å². The minimum atomic E-state index is -0.174. The van der Waals surface area contributed by atoms with Gasteiger partial charge in [0.25, 0.3) is 5.91 Å². The van der Waals surface area contributed by atoms with Crippen LogP contribution in [-0.2, 0) is 0 Å². The predicted molar refractivity (Wildman–Crippen MR) is 95.4 cm³/mol. The van der Waals surface area contributed by atoms with Gasteiger partial charge in [0.1, 0.15) is 6.33 Å². The minimum absolute atomic E-state index is 0.174. The van der Waals surface area contributed by atoms with Crippen LogP contribution in [0.1, 0.15) is 15.9 Å². The number of nitrogens with zero attached hydrogens (tertiary/aromatic N) is 6. The third kappa shape index (κ3) is 3.07. The van der Waals surface area contributed by atoms with Crippen molar-refractivity contribution in [2.45, 2.75) is 6.92 Å². The summed E-state index contributed by atoms with van der Waals surface area (Å²) in [4.78, 5) is 12.5. The largest absolute Gasteiger partial charge is 0.322 e. The van der Waals surface area contributed by atoms with Gasteiger partial charge in [-0.05, 0) is 71.4 Å². The summed E-state index contributed by atoms with van der Waals surface area (Å²) in [6, 6.07) is 14.7. The fourth-order valence-electron chi connectivity index (χ4n) is 2.65. The monoisotopic (exact) mass is 345 g/mol. The second-order valence-corrected chi connectivity index (χ2v) is 5.71. The van der Waals surface area contributed by atoms with Gasteiger partial charge in [-0.15, -0.1) is 5.10 Å². The van der Waals surface area contributed by atoms with Gasteiger partial charge >= 0.3 is 0 Å². The highest BCUT2D eigenvalue weighted by molar-refractivity contribution is 6.04. The highest BCUT2D eigenvalue weighted by Gasteiger charge is 2.09. The third-order valence-corrected chi connectivity index (χ3v) is 3.95. The molecule has 8 heteroatoms. The quantitative estimate of drug-likeness (QED) is 0.613. The normalized spacial score (nSPS) is 10.7. The average Bonchev–Trinajstić information content (AvgIpc) is 3.36. The highest BCUT2D eigenvalue weighted by atomic mass is 16.1. The molecule has 0 unspecified atom stereocenters. The zero-order valence-corrected chi connectivity index (χ0v) is 13.9. The number of carbonyl (C=O) groups excluding carboxylic acids is 1. The smallest absolute Gasteiger partial charge is 0.255 e. The third-order valence-electron chi connectivity index (χ3n) is 3.95. The number of hydrogen-bond donors (Lipinski definition) is 1. The fraction of sp³-hybridized carbons (Fsp3) is 0.0556. The number of aryl methyl sites for hydroxylation is 1. The number of tetrazole rings is 1. The SMILES string of the molecule is Cc1cc(NC(=O)c2ccc(-n3cccn3)cc2)ccc1-n1cnnn1. The molecule has 8 nitrogen and oxygen atoms in total. The summed E-state index contributed by atoms with van der Waals surface area (Å²) in [6.45, 7) is 1.94. The number of benzene rings is 2. The molecule has 2 aromatic carbocycles. The first-order valence-electron chi connectivity index (χ1n) is 7.96. The molecule has 0 fully saturated rings. The fourth-order valence-corrected chi connectivity index (χ4v) is 2.65. The molecule has 4 aromatic rings. The Labute approximate surface area is 149 Å². The topological polar surface area (TPSA) is 90.5 Å². The van der Waals surface area contributed by atoms with Crippen LogP contribution in [0.25, 0.3) is 11.4 Å². The van der Waals surface area contributed by atoms with E-state index < -0.39 is 0 Å². The predicted octanol–water partition coefficient (Wildman–Crippen LogP) is 2.41. The Morgan fingerprint density at radius 1 is 1.08 bits per heavy atom. The van der Waals surface area contributed by atoms with Crippen molar-refractivity contribution >= 4 is 11.6 Å². The maximum atomic E-state index is 12.5. The lowest BCUT2D eigenvalue weighted by Crippen LogP contribution is -2.12. The van der Waals surface area contributed by atoms with E-state index in [-0.39, 0.29) is 5.91 Å². The van der Waals surface area contributed by atoms with Crippen LogP contribution in [0.5, 0.6) is 0 Å². The van der Waals surface area contributed by atoms with Crippen LogP contribution in [0, 0.1) is 6.92 Å². The summed E-state index contributed by atoms with van der Waals surface area (Å²) < 4.78 is 3.32. The molecule has 128 valence electrons. The zero-order valence-electron chi connectivity index (χ0n) is 13.9. The summed E-state index contributed by atoms with van der Waals surface area (Å²) in [5.74, 6) is -0.174. The van der Waals surface area contributed by atoms with Crippen molar-refractivity contribution < 1.29 is 4.79 Å². The molecule has 26 heavy (non-hydrogen) atoms. The molecule has 0 atom stereocenters. The molecule has 0 spiro atoms. The number of nitrogens with one attached hydrogen (secondary N) is 1. The summed E-state index contributed by atoms with van der Waals surface area (Å²) in [5.41, 5.74) is 3.98. The Hall–Kier alpha value is -3.81. The van der Waals surface area contributed by atoms with Crippen molar-refractivity contribution in [2.75, 3.05) is 5.32 Å². The van der Waals surface area contributed by atoms with E-state index in [0.717, 1.165) is 16.9 Å². The Kier molecular flexibility index (Phi) is 3.98. The average molecular weight is 345 g/mol. The van der Waals surface area contributed by atoms with Crippen molar-refractivity contribution in [1.29, 1.82) is 0 Å². The van der Waals surface area contributed by atoms with Crippen LogP contribution < -0.4 is 5.32 Å². The first kappa shape index (κ1) is 15.7. The van der Waals surface area contributed by atoms with Crippen LogP contribution in [0.3, 0.4) is 0 Å². The van der Waals surface area contributed by atoms with Gasteiger partial charge in [-0.1, -0.05) is 0 Å². The van der Waals surface area contributed by atoms with Gasteiger partial charge in [-0.2, -0.15) is 5.10 Å². The van der Waals surface area contributed by atoms with E-state index in [1.807, 2.05) is 49.5 Å². The standard InChI is InChI=1S/C18H15N7O/c1-13-11-15(5-8-17(13)25-12-19-22-23-25)21-18(26)14-3-6-16(7-4-14)24-10-2-9-20-24/h2-12H,1H3,(H,21,26). The Balaban J connectivity index is 1.50. The van der Waals surface area contributed by atoms with Gasteiger partial charge in [0.15, 0.2) is 0 Å². The van der Waals surface area contributed by atoms with E-state index >= 15 is 0 Å². The molecular weight excluding hydrogens is 330 g/mol. The highest BCUT2D eigenvalue weighted by Crippen LogP contribution is 2.19. The molecule has 1 amide bonds. The van der Waals surface area contributed by atoms with Gasteiger partial charge in [-0.3, -0.25) is 4.79 Å². The number of hydrogen-bond acceptors (Lipinski definition) is 5. The maximum Gasteiger partial charge on any atom is 0.255 e.